The van der Waals surface area contributed by atoms with Gasteiger partial charge in [-0.2, -0.15) is 26.3 Å². The van der Waals surface area contributed by atoms with Gasteiger partial charge in [0.05, 0.1) is 17.2 Å². The van der Waals surface area contributed by atoms with Gasteiger partial charge in [-0.05, 0) is 53.4 Å². The molecule has 9 heteroatoms. The number of halogens is 6. The molecular formula is C24H18F6N2O. The van der Waals surface area contributed by atoms with Gasteiger partial charge in [0.1, 0.15) is 0 Å². The number of benzene rings is 3. The van der Waals surface area contributed by atoms with Gasteiger partial charge in [-0.15, -0.1) is 0 Å². The third-order valence-electron chi connectivity index (χ3n) is 5.54. The summed E-state index contributed by atoms with van der Waals surface area (Å²) in [7, 11) is 0. The van der Waals surface area contributed by atoms with E-state index in [0.717, 1.165) is 35.4 Å². The summed E-state index contributed by atoms with van der Waals surface area (Å²) >= 11 is 0. The summed E-state index contributed by atoms with van der Waals surface area (Å²) in [4.78, 5) is 14.5. The summed E-state index contributed by atoms with van der Waals surface area (Å²) in [6.07, 6.45) is -8.56. The fourth-order valence-electron chi connectivity index (χ4n) is 3.97. The van der Waals surface area contributed by atoms with Crippen molar-refractivity contribution in [3.8, 4) is 0 Å². The minimum absolute atomic E-state index is 0.0279. The molecule has 0 aromatic heterocycles. The molecule has 33 heavy (non-hydrogen) atoms. The smallest absolute Gasteiger partial charge is 0.313 e. The van der Waals surface area contributed by atoms with Gasteiger partial charge in [-0.25, -0.2) is 4.79 Å². The first-order chi connectivity index (χ1) is 15.5. The molecule has 1 aliphatic heterocycles. The van der Waals surface area contributed by atoms with E-state index in [4.69, 9.17) is 0 Å². The molecule has 1 heterocycles. The number of hydrogen-bond donors (Lipinski definition) is 1. The van der Waals surface area contributed by atoms with Crippen molar-refractivity contribution in [3.63, 3.8) is 0 Å². The van der Waals surface area contributed by atoms with Crippen LogP contribution in [0.15, 0.2) is 72.8 Å². The lowest BCUT2D eigenvalue weighted by Crippen LogP contribution is -2.43. The van der Waals surface area contributed by atoms with Crippen LogP contribution in [0.5, 0.6) is 0 Å². The van der Waals surface area contributed by atoms with E-state index >= 15 is 0 Å². The molecule has 3 aromatic carbocycles. The van der Waals surface area contributed by atoms with Crippen LogP contribution in [0, 0.1) is 0 Å². The van der Waals surface area contributed by atoms with Gasteiger partial charge in [0, 0.05) is 12.2 Å². The molecule has 172 valence electrons. The van der Waals surface area contributed by atoms with Crippen LogP contribution in [0.4, 0.5) is 36.8 Å². The van der Waals surface area contributed by atoms with E-state index in [9.17, 15) is 31.1 Å². The molecule has 0 saturated heterocycles. The minimum Gasteiger partial charge on any atom is -0.313 e. The first-order valence-corrected chi connectivity index (χ1v) is 10.0. The Morgan fingerprint density at radius 1 is 0.818 bits per heavy atom. The minimum atomic E-state index is -4.56. The number of amides is 2. The Labute approximate surface area is 185 Å². The maximum Gasteiger partial charge on any atom is 0.416 e. The van der Waals surface area contributed by atoms with Crippen LogP contribution in [0.3, 0.4) is 0 Å². The molecule has 0 fully saturated rings. The van der Waals surface area contributed by atoms with Gasteiger partial charge < -0.3 is 10.2 Å². The summed E-state index contributed by atoms with van der Waals surface area (Å²) in [6, 6.07) is 14.8. The zero-order valence-corrected chi connectivity index (χ0v) is 17.0. The molecule has 2 amide bonds. The quantitative estimate of drug-likeness (QED) is 0.411. The molecule has 0 spiro atoms. The molecule has 1 atom stereocenters. The molecule has 1 aliphatic rings. The van der Waals surface area contributed by atoms with E-state index in [1.807, 2.05) is 12.1 Å². The lowest BCUT2D eigenvalue weighted by Gasteiger charge is -2.37. The number of carbonyl (C=O) groups is 1. The zero-order chi connectivity index (χ0) is 23.8. The monoisotopic (exact) mass is 464 g/mol. The molecule has 0 radical (unpaired) electrons. The van der Waals surface area contributed by atoms with Crippen molar-refractivity contribution >= 4 is 11.7 Å². The number of nitrogens with one attached hydrogen (secondary N) is 1. The maximum absolute atomic E-state index is 13.1. The second-order valence-electron chi connectivity index (χ2n) is 7.67. The molecule has 1 N–H and O–H groups in total. The Morgan fingerprint density at radius 3 is 2.15 bits per heavy atom. The predicted octanol–water partition coefficient (Wildman–Crippen LogP) is 6.90. The molecule has 3 aromatic rings. The molecule has 0 bridgehead atoms. The van der Waals surface area contributed by atoms with Crippen LogP contribution in [0.2, 0.25) is 0 Å². The van der Waals surface area contributed by atoms with Crippen LogP contribution < -0.4 is 5.32 Å². The third kappa shape index (κ3) is 4.81. The molecule has 3 nitrogen and oxygen atoms in total. The maximum atomic E-state index is 13.1. The summed E-state index contributed by atoms with van der Waals surface area (Å²) in [5.74, 6) is 0. The topological polar surface area (TPSA) is 32.3 Å². The van der Waals surface area contributed by atoms with E-state index in [2.05, 4.69) is 5.32 Å². The fourth-order valence-corrected chi connectivity index (χ4v) is 3.97. The second-order valence-corrected chi connectivity index (χ2v) is 7.67. The van der Waals surface area contributed by atoms with Crippen molar-refractivity contribution in [1.29, 1.82) is 0 Å². The average molecular weight is 464 g/mol. The average Bonchev–Trinajstić information content (AvgIpc) is 2.77. The molecular weight excluding hydrogens is 446 g/mol. The van der Waals surface area contributed by atoms with Gasteiger partial charge in [0.2, 0.25) is 0 Å². The highest BCUT2D eigenvalue weighted by atomic mass is 19.4. The Bertz CT molecular complexity index is 1150. The first kappa shape index (κ1) is 22.7. The lowest BCUT2D eigenvalue weighted by molar-refractivity contribution is -0.138. The molecule has 0 saturated carbocycles. The third-order valence-corrected chi connectivity index (χ3v) is 5.54. The van der Waals surface area contributed by atoms with Crippen molar-refractivity contribution in [2.24, 2.45) is 0 Å². The Hall–Kier alpha value is -3.49. The van der Waals surface area contributed by atoms with Crippen molar-refractivity contribution in [2.45, 2.75) is 24.8 Å². The number of carbonyl (C=O) groups excluding carboxylic acids is 1. The summed E-state index contributed by atoms with van der Waals surface area (Å²) in [5, 5.41) is 2.50. The highest BCUT2D eigenvalue weighted by Crippen LogP contribution is 2.37. The van der Waals surface area contributed by atoms with Gasteiger partial charge in [0.25, 0.3) is 0 Å². The van der Waals surface area contributed by atoms with Crippen LogP contribution in [-0.2, 0) is 18.8 Å². The van der Waals surface area contributed by atoms with Crippen molar-refractivity contribution in [3.05, 3.63) is 101 Å². The lowest BCUT2D eigenvalue weighted by atomic mass is 9.88. The number of nitrogens with zero attached hydrogens (tertiary/aromatic N) is 1. The van der Waals surface area contributed by atoms with Crippen molar-refractivity contribution in [2.75, 3.05) is 11.9 Å². The number of hydrogen-bond acceptors (Lipinski definition) is 1. The number of fused-ring (bicyclic) bond motifs is 1. The van der Waals surface area contributed by atoms with Gasteiger partial charge in [-0.1, -0.05) is 42.5 Å². The van der Waals surface area contributed by atoms with E-state index in [1.54, 1.807) is 12.1 Å². The Kier molecular flexibility index (Phi) is 5.82. The Morgan fingerprint density at radius 2 is 1.48 bits per heavy atom. The summed E-state index contributed by atoms with van der Waals surface area (Å²) < 4.78 is 78.1. The number of alkyl halides is 6. The van der Waals surface area contributed by atoms with E-state index < -0.39 is 35.6 Å². The standard InChI is InChI=1S/C24H18F6N2O/c25-23(26,27)17-10-8-16(9-11-17)21-20-7-2-1-4-15(20)12-13-32(21)22(33)31-19-6-3-5-18(14-19)24(28,29)30/h1-11,14,21H,12-13H2,(H,31,33)/t21-/m1/s1. The van der Waals surface area contributed by atoms with Crippen LogP contribution in [-0.4, -0.2) is 17.5 Å². The normalized spacial score (nSPS) is 16.3. The molecule has 0 unspecified atom stereocenters. The van der Waals surface area contributed by atoms with Gasteiger partial charge >= 0.3 is 18.4 Å². The van der Waals surface area contributed by atoms with Gasteiger partial charge in [-0.3, -0.25) is 0 Å². The van der Waals surface area contributed by atoms with E-state index in [-0.39, 0.29) is 12.2 Å². The van der Waals surface area contributed by atoms with Crippen LogP contribution in [0.1, 0.15) is 33.9 Å². The first-order valence-electron chi connectivity index (χ1n) is 10.0. The van der Waals surface area contributed by atoms with Crippen LogP contribution in [0.25, 0.3) is 0 Å². The highest BCUT2D eigenvalue weighted by molar-refractivity contribution is 5.90. The SMILES string of the molecule is O=C(Nc1cccc(C(F)(F)F)c1)N1CCc2ccccc2[C@H]1c1ccc(C(F)(F)F)cc1. The van der Waals surface area contributed by atoms with E-state index in [0.29, 0.717) is 12.0 Å². The molecule has 4 rings (SSSR count). The predicted molar refractivity (Wildman–Crippen MR) is 111 cm³/mol. The van der Waals surface area contributed by atoms with Crippen molar-refractivity contribution in [1.82, 2.24) is 4.90 Å². The van der Waals surface area contributed by atoms with Gasteiger partial charge in [0.15, 0.2) is 0 Å². The largest absolute Gasteiger partial charge is 0.416 e. The van der Waals surface area contributed by atoms with Crippen molar-refractivity contribution < 1.29 is 31.1 Å². The number of rotatable bonds is 2. The summed E-state index contributed by atoms with van der Waals surface area (Å²) in [5.41, 5.74) is 0.432. The second kappa shape index (κ2) is 8.46. The number of urea groups is 1. The molecule has 0 aliphatic carbocycles. The number of anilines is 1. The zero-order valence-electron chi connectivity index (χ0n) is 17.0. The highest BCUT2D eigenvalue weighted by Gasteiger charge is 2.35. The Balaban J connectivity index is 1.67. The fraction of sp³-hybridized carbons (Fsp3) is 0.208. The van der Waals surface area contributed by atoms with Crippen LogP contribution >= 0.6 is 0 Å². The summed E-state index contributed by atoms with van der Waals surface area (Å²) in [6.45, 7) is 0.244. The van der Waals surface area contributed by atoms with E-state index in [1.165, 1.54) is 29.2 Å².